The first kappa shape index (κ1) is 10.0. The second kappa shape index (κ2) is 3.92. The Kier molecular flexibility index (Phi) is 2.80. The third kappa shape index (κ3) is 1.80. The summed E-state index contributed by atoms with van der Waals surface area (Å²) in [6.45, 7) is 4.57. The van der Waals surface area contributed by atoms with Crippen LogP contribution in [0.5, 0.6) is 0 Å². The minimum absolute atomic E-state index is 0.584. The van der Waals surface area contributed by atoms with E-state index < -0.39 is 0 Å². The summed E-state index contributed by atoms with van der Waals surface area (Å²) in [6, 6.07) is 2.06. The summed E-state index contributed by atoms with van der Waals surface area (Å²) in [5, 5.41) is 1.68. The lowest BCUT2D eigenvalue weighted by atomic mass is 10.5. The fourth-order valence-corrected chi connectivity index (χ4v) is 3.46. The number of hydrogen-bond donors (Lipinski definition) is 0. The Morgan fingerprint density at radius 1 is 1.57 bits per heavy atom. The van der Waals surface area contributed by atoms with Gasteiger partial charge in [0.05, 0.1) is 21.2 Å². The zero-order valence-corrected chi connectivity index (χ0v) is 10.3. The van der Waals surface area contributed by atoms with Gasteiger partial charge in [0.1, 0.15) is 4.83 Å². The lowest BCUT2D eigenvalue weighted by Gasteiger charge is -1.99. The highest BCUT2D eigenvalue weighted by Gasteiger charge is 2.10. The molecule has 0 atom stereocenters. The summed E-state index contributed by atoms with van der Waals surface area (Å²) < 4.78 is 6.47. The second-order valence-electron chi connectivity index (χ2n) is 2.73. The van der Waals surface area contributed by atoms with E-state index in [-0.39, 0.29) is 0 Å². The molecule has 5 heteroatoms. The van der Waals surface area contributed by atoms with Gasteiger partial charge in [-0.15, -0.1) is 22.7 Å². The smallest absolute Gasteiger partial charge is 0.201 e. The summed E-state index contributed by atoms with van der Waals surface area (Å²) in [5.74, 6) is 0. The van der Waals surface area contributed by atoms with Crippen molar-refractivity contribution in [3.05, 3.63) is 16.0 Å². The van der Waals surface area contributed by atoms with Crippen molar-refractivity contribution in [2.45, 2.75) is 13.8 Å². The lowest BCUT2D eigenvalue weighted by Crippen LogP contribution is -1.99. The summed E-state index contributed by atoms with van der Waals surface area (Å²) in [6.07, 6.45) is 0. The molecule has 0 N–H and O–H groups in total. The molecular formula is C9H9NOS3. The third-order valence-corrected chi connectivity index (χ3v) is 4.21. The molecule has 0 amide bonds. The van der Waals surface area contributed by atoms with E-state index in [9.17, 15) is 0 Å². The second-order valence-corrected chi connectivity index (χ2v) is 5.37. The molecule has 0 aliphatic carbocycles. The number of nitrogens with zero attached hydrogens (tertiary/aromatic N) is 1. The SMILES string of the molecule is CCOC(=S)c1cc2sc(C)nc2s1. The van der Waals surface area contributed by atoms with Gasteiger partial charge >= 0.3 is 0 Å². The van der Waals surface area contributed by atoms with Crippen molar-refractivity contribution in [3.63, 3.8) is 0 Å². The summed E-state index contributed by atoms with van der Waals surface area (Å²) in [4.78, 5) is 6.47. The average Bonchev–Trinajstić information content (AvgIpc) is 2.61. The Bertz CT molecular complexity index is 440. The molecule has 14 heavy (non-hydrogen) atoms. The van der Waals surface area contributed by atoms with Crippen LogP contribution < -0.4 is 0 Å². The molecule has 0 aliphatic heterocycles. The molecule has 74 valence electrons. The van der Waals surface area contributed by atoms with Gasteiger partial charge in [-0.3, -0.25) is 0 Å². The zero-order chi connectivity index (χ0) is 10.1. The number of ether oxygens (including phenoxy) is 1. The predicted molar refractivity (Wildman–Crippen MR) is 65.6 cm³/mol. The van der Waals surface area contributed by atoms with Crippen molar-refractivity contribution in [3.8, 4) is 0 Å². The quantitative estimate of drug-likeness (QED) is 0.755. The molecule has 2 aromatic rings. The number of rotatable bonds is 2. The van der Waals surface area contributed by atoms with Gasteiger partial charge in [0.15, 0.2) is 0 Å². The highest BCUT2D eigenvalue weighted by Crippen LogP contribution is 2.30. The van der Waals surface area contributed by atoms with Gasteiger partial charge in [0.25, 0.3) is 0 Å². The van der Waals surface area contributed by atoms with E-state index in [0.717, 1.165) is 14.7 Å². The van der Waals surface area contributed by atoms with Crippen LogP contribution in [-0.2, 0) is 4.74 Å². The van der Waals surface area contributed by atoms with E-state index >= 15 is 0 Å². The van der Waals surface area contributed by atoms with Crippen LogP contribution in [-0.4, -0.2) is 16.6 Å². The van der Waals surface area contributed by atoms with Crippen molar-refractivity contribution in [2.24, 2.45) is 0 Å². The van der Waals surface area contributed by atoms with Crippen LogP contribution in [0.1, 0.15) is 16.8 Å². The van der Waals surface area contributed by atoms with Gasteiger partial charge in [0, 0.05) is 0 Å². The fraction of sp³-hybridized carbons (Fsp3) is 0.333. The Labute approximate surface area is 95.5 Å². The molecule has 0 fully saturated rings. The van der Waals surface area contributed by atoms with Gasteiger partial charge in [-0.2, -0.15) is 0 Å². The Morgan fingerprint density at radius 3 is 3.00 bits per heavy atom. The van der Waals surface area contributed by atoms with E-state index in [0.29, 0.717) is 11.7 Å². The summed E-state index contributed by atoms with van der Waals surface area (Å²) >= 11 is 8.42. The first-order valence-corrected chi connectivity index (χ1v) is 6.29. The molecule has 2 aromatic heterocycles. The molecule has 2 rings (SSSR count). The number of thiazole rings is 1. The number of aromatic nitrogens is 1. The van der Waals surface area contributed by atoms with E-state index in [1.54, 1.807) is 22.7 Å². The maximum Gasteiger partial charge on any atom is 0.201 e. The predicted octanol–water partition coefficient (Wildman–Crippen LogP) is 3.38. The molecule has 0 saturated carbocycles. The fourth-order valence-electron chi connectivity index (χ4n) is 1.14. The number of thiocarbonyl (C=S) groups is 1. The topological polar surface area (TPSA) is 22.1 Å². The maximum atomic E-state index is 5.28. The van der Waals surface area contributed by atoms with Crippen LogP contribution in [0, 0.1) is 6.92 Å². The molecule has 0 saturated heterocycles. The zero-order valence-electron chi connectivity index (χ0n) is 7.86. The molecule has 0 bridgehead atoms. The van der Waals surface area contributed by atoms with Gasteiger partial charge in [0.2, 0.25) is 5.05 Å². The molecule has 0 spiro atoms. The van der Waals surface area contributed by atoms with Crippen LogP contribution in [0.25, 0.3) is 9.53 Å². The number of fused-ring (bicyclic) bond motifs is 1. The van der Waals surface area contributed by atoms with Crippen molar-refractivity contribution >= 4 is 49.5 Å². The highest BCUT2D eigenvalue weighted by atomic mass is 32.1. The van der Waals surface area contributed by atoms with Gasteiger partial charge in [-0.05, 0) is 32.1 Å². The van der Waals surface area contributed by atoms with Crippen molar-refractivity contribution in [1.29, 1.82) is 0 Å². The average molecular weight is 243 g/mol. The van der Waals surface area contributed by atoms with Crippen LogP contribution in [0.3, 0.4) is 0 Å². The highest BCUT2D eigenvalue weighted by molar-refractivity contribution is 7.80. The minimum atomic E-state index is 0.584. The van der Waals surface area contributed by atoms with E-state index in [2.05, 4.69) is 11.1 Å². The third-order valence-electron chi connectivity index (χ3n) is 1.67. The Balaban J connectivity index is 2.36. The van der Waals surface area contributed by atoms with Crippen LogP contribution in [0.15, 0.2) is 6.07 Å². The first-order valence-electron chi connectivity index (χ1n) is 4.25. The van der Waals surface area contributed by atoms with Gasteiger partial charge in [-0.25, -0.2) is 4.98 Å². The van der Waals surface area contributed by atoms with Crippen molar-refractivity contribution < 1.29 is 4.74 Å². The van der Waals surface area contributed by atoms with Gasteiger partial charge in [-0.1, -0.05) is 0 Å². The minimum Gasteiger partial charge on any atom is -0.483 e. The number of hydrogen-bond acceptors (Lipinski definition) is 5. The van der Waals surface area contributed by atoms with E-state index in [1.165, 1.54) is 4.70 Å². The molecule has 0 unspecified atom stereocenters. The summed E-state index contributed by atoms with van der Waals surface area (Å²) in [7, 11) is 0. The lowest BCUT2D eigenvalue weighted by molar-refractivity contribution is 0.338. The number of aryl methyl sites for hydroxylation is 1. The molecule has 0 aliphatic rings. The van der Waals surface area contributed by atoms with E-state index in [4.69, 9.17) is 17.0 Å². The van der Waals surface area contributed by atoms with E-state index in [1.807, 2.05) is 13.8 Å². The van der Waals surface area contributed by atoms with Crippen LogP contribution in [0.4, 0.5) is 0 Å². The molecule has 0 aromatic carbocycles. The standard InChI is InChI=1S/C9H9NOS3/c1-3-11-9(12)7-4-6-8(14-7)10-5(2)13-6/h4H,3H2,1-2H3. The Hall–Kier alpha value is -0.520. The van der Waals surface area contributed by atoms with Crippen molar-refractivity contribution in [2.75, 3.05) is 6.61 Å². The maximum absolute atomic E-state index is 5.28. The summed E-state index contributed by atoms with van der Waals surface area (Å²) in [5.41, 5.74) is 0. The molecule has 2 heterocycles. The van der Waals surface area contributed by atoms with Crippen LogP contribution in [0.2, 0.25) is 0 Å². The van der Waals surface area contributed by atoms with Crippen molar-refractivity contribution in [1.82, 2.24) is 4.98 Å². The number of thiophene rings is 1. The molecule has 0 radical (unpaired) electrons. The monoisotopic (exact) mass is 243 g/mol. The largest absolute Gasteiger partial charge is 0.483 e. The first-order chi connectivity index (χ1) is 6.70. The van der Waals surface area contributed by atoms with Crippen LogP contribution >= 0.6 is 34.9 Å². The molecule has 2 nitrogen and oxygen atoms in total. The normalized spacial score (nSPS) is 10.7. The Morgan fingerprint density at radius 2 is 2.36 bits per heavy atom. The van der Waals surface area contributed by atoms with Gasteiger partial charge < -0.3 is 4.74 Å². The molecular weight excluding hydrogens is 234 g/mol.